The van der Waals surface area contributed by atoms with E-state index >= 15 is 0 Å². The highest BCUT2D eigenvalue weighted by Crippen LogP contribution is 2.24. The number of sulfonamides is 1. The Morgan fingerprint density at radius 1 is 1.24 bits per heavy atom. The molecule has 0 unspecified atom stereocenters. The highest BCUT2D eigenvalue weighted by Gasteiger charge is 2.30. The number of nitrogens with one attached hydrogen (secondary N) is 1. The minimum atomic E-state index is -4.28. The van der Waals surface area contributed by atoms with Gasteiger partial charge in [-0.25, -0.2) is 22.0 Å². The molecule has 2 N–H and O–H groups in total. The van der Waals surface area contributed by atoms with Crippen LogP contribution >= 0.6 is 0 Å². The summed E-state index contributed by atoms with van der Waals surface area (Å²) in [6.45, 7) is 1.29. The van der Waals surface area contributed by atoms with Crippen LogP contribution in [0.25, 0.3) is 0 Å². The Hall–Kier alpha value is -1.58. The molecule has 0 aromatic heterocycles. The number of rotatable bonds is 3. The third-order valence-electron chi connectivity index (χ3n) is 3.16. The van der Waals surface area contributed by atoms with Crippen LogP contribution in [-0.4, -0.2) is 50.0 Å². The lowest BCUT2D eigenvalue weighted by atomic mass is 10.2. The number of aromatic carboxylic acids is 1. The molecule has 0 spiro atoms. The number of carboxylic acid groups (broad SMARTS) is 1. The molecule has 1 aliphatic rings. The summed E-state index contributed by atoms with van der Waals surface area (Å²) >= 11 is 0. The van der Waals surface area contributed by atoms with E-state index in [1.807, 2.05) is 0 Å². The predicted octanol–water partition coefficient (Wildman–Crippen LogP) is 0.647. The number of hydrogen-bond acceptors (Lipinski definition) is 4. The van der Waals surface area contributed by atoms with Crippen molar-refractivity contribution in [3.63, 3.8) is 0 Å². The molecule has 0 amide bonds. The molecule has 0 radical (unpaired) electrons. The highest BCUT2D eigenvalue weighted by molar-refractivity contribution is 7.89. The molecule has 1 heterocycles. The predicted molar refractivity (Wildman–Crippen MR) is 69.6 cm³/mol. The van der Waals surface area contributed by atoms with Gasteiger partial charge in [0.15, 0.2) is 11.6 Å². The van der Waals surface area contributed by atoms with Crippen molar-refractivity contribution < 1.29 is 27.1 Å². The van der Waals surface area contributed by atoms with Crippen molar-refractivity contribution in [3.8, 4) is 0 Å². The summed E-state index contributed by atoms with van der Waals surface area (Å²) in [6, 6.07) is 1.11. The van der Waals surface area contributed by atoms with Gasteiger partial charge in [0, 0.05) is 19.6 Å². The third kappa shape index (κ3) is 3.20. The Balaban J connectivity index is 2.50. The van der Waals surface area contributed by atoms with E-state index in [4.69, 9.17) is 5.11 Å². The molecular formula is C12H14F2N2O4S. The monoisotopic (exact) mass is 320 g/mol. The van der Waals surface area contributed by atoms with Gasteiger partial charge < -0.3 is 10.4 Å². The second kappa shape index (κ2) is 6.04. The number of carboxylic acids is 1. The molecule has 1 aromatic rings. The fraction of sp³-hybridized carbons (Fsp3) is 0.417. The molecule has 2 rings (SSSR count). The van der Waals surface area contributed by atoms with Gasteiger partial charge in [-0.2, -0.15) is 4.31 Å². The maximum atomic E-state index is 13.8. The molecular weight excluding hydrogens is 306 g/mol. The number of nitrogens with zero attached hydrogens (tertiary/aromatic N) is 1. The first-order valence-electron chi connectivity index (χ1n) is 6.27. The molecule has 0 saturated carbocycles. The SMILES string of the molecule is O=C(O)c1cc(F)c(F)c(S(=O)(=O)N2CCCNCC2)c1. The molecule has 9 heteroatoms. The first-order chi connectivity index (χ1) is 9.84. The summed E-state index contributed by atoms with van der Waals surface area (Å²) in [5.74, 6) is -4.58. The van der Waals surface area contributed by atoms with Crippen LogP contribution in [0.5, 0.6) is 0 Å². The van der Waals surface area contributed by atoms with Gasteiger partial charge in [0.1, 0.15) is 4.90 Å². The van der Waals surface area contributed by atoms with Crippen LogP contribution in [0, 0.1) is 11.6 Å². The number of benzene rings is 1. The van der Waals surface area contributed by atoms with Crippen LogP contribution in [0.3, 0.4) is 0 Å². The smallest absolute Gasteiger partial charge is 0.335 e. The second-order valence-corrected chi connectivity index (χ2v) is 6.49. The molecule has 21 heavy (non-hydrogen) atoms. The molecule has 0 aliphatic carbocycles. The van der Waals surface area contributed by atoms with Gasteiger partial charge in [-0.05, 0) is 25.1 Å². The van der Waals surface area contributed by atoms with E-state index in [0.717, 1.165) is 4.31 Å². The van der Waals surface area contributed by atoms with Crippen molar-refractivity contribution in [2.75, 3.05) is 26.2 Å². The van der Waals surface area contributed by atoms with E-state index in [0.29, 0.717) is 31.6 Å². The molecule has 116 valence electrons. The van der Waals surface area contributed by atoms with Gasteiger partial charge in [0.05, 0.1) is 5.56 Å². The summed E-state index contributed by atoms with van der Waals surface area (Å²) in [5, 5.41) is 11.8. The summed E-state index contributed by atoms with van der Waals surface area (Å²) in [6.07, 6.45) is 0.530. The van der Waals surface area contributed by atoms with Crippen LogP contribution in [0.2, 0.25) is 0 Å². The van der Waals surface area contributed by atoms with Crippen LogP contribution in [0.15, 0.2) is 17.0 Å². The summed E-state index contributed by atoms with van der Waals surface area (Å²) in [4.78, 5) is 9.92. The minimum absolute atomic E-state index is 0.112. The number of halogens is 2. The first kappa shape index (κ1) is 15.8. The van der Waals surface area contributed by atoms with Crippen LogP contribution in [-0.2, 0) is 10.0 Å². The Morgan fingerprint density at radius 3 is 2.62 bits per heavy atom. The largest absolute Gasteiger partial charge is 0.478 e. The van der Waals surface area contributed by atoms with Gasteiger partial charge in [-0.3, -0.25) is 0 Å². The first-order valence-corrected chi connectivity index (χ1v) is 7.71. The Morgan fingerprint density at radius 2 is 1.95 bits per heavy atom. The fourth-order valence-electron chi connectivity index (χ4n) is 2.08. The van der Waals surface area contributed by atoms with Crippen LogP contribution < -0.4 is 5.32 Å². The third-order valence-corrected chi connectivity index (χ3v) is 5.06. The molecule has 6 nitrogen and oxygen atoms in total. The summed E-state index contributed by atoms with van der Waals surface area (Å²) < 4.78 is 53.0. The second-order valence-electron chi connectivity index (χ2n) is 4.58. The van der Waals surface area contributed by atoms with E-state index in [9.17, 15) is 22.0 Å². The summed E-state index contributed by atoms with van der Waals surface area (Å²) in [7, 11) is -4.28. The van der Waals surface area contributed by atoms with E-state index in [1.165, 1.54) is 0 Å². The van der Waals surface area contributed by atoms with Crippen molar-refractivity contribution in [2.24, 2.45) is 0 Å². The van der Waals surface area contributed by atoms with E-state index in [2.05, 4.69) is 5.32 Å². The number of hydrogen-bond donors (Lipinski definition) is 2. The van der Waals surface area contributed by atoms with Crippen molar-refractivity contribution >= 4 is 16.0 Å². The maximum Gasteiger partial charge on any atom is 0.335 e. The zero-order chi connectivity index (χ0) is 15.6. The Labute approximate surface area is 120 Å². The maximum absolute atomic E-state index is 13.8. The standard InChI is InChI=1S/C12H14F2N2O4S/c13-9-6-8(12(17)18)7-10(11(9)14)21(19,20)16-4-1-2-15-3-5-16/h6-7,15H,1-5H2,(H,17,18). The molecule has 1 aromatic carbocycles. The van der Waals surface area contributed by atoms with Gasteiger partial charge in [0.2, 0.25) is 10.0 Å². The average molecular weight is 320 g/mol. The van der Waals surface area contributed by atoms with Crippen molar-refractivity contribution in [1.29, 1.82) is 0 Å². The molecule has 1 saturated heterocycles. The van der Waals surface area contributed by atoms with Gasteiger partial charge in [0.25, 0.3) is 0 Å². The lowest BCUT2D eigenvalue weighted by Gasteiger charge is -2.20. The molecule has 1 fully saturated rings. The molecule has 1 aliphatic heterocycles. The Bertz CT molecular complexity index is 655. The van der Waals surface area contributed by atoms with Crippen molar-refractivity contribution in [2.45, 2.75) is 11.3 Å². The van der Waals surface area contributed by atoms with Crippen LogP contribution in [0.1, 0.15) is 16.8 Å². The number of carbonyl (C=O) groups is 1. The van der Waals surface area contributed by atoms with E-state index < -0.39 is 38.1 Å². The molecule has 0 atom stereocenters. The Kier molecular flexibility index (Phi) is 4.55. The highest BCUT2D eigenvalue weighted by atomic mass is 32.2. The minimum Gasteiger partial charge on any atom is -0.478 e. The lowest BCUT2D eigenvalue weighted by molar-refractivity contribution is 0.0696. The lowest BCUT2D eigenvalue weighted by Crippen LogP contribution is -2.35. The van der Waals surface area contributed by atoms with Crippen LogP contribution in [0.4, 0.5) is 8.78 Å². The van der Waals surface area contributed by atoms with Gasteiger partial charge in [-0.15, -0.1) is 0 Å². The van der Waals surface area contributed by atoms with E-state index in [1.54, 1.807) is 0 Å². The van der Waals surface area contributed by atoms with Crippen molar-refractivity contribution in [3.05, 3.63) is 29.3 Å². The average Bonchev–Trinajstić information content (AvgIpc) is 2.70. The zero-order valence-corrected chi connectivity index (χ0v) is 11.8. The van der Waals surface area contributed by atoms with Gasteiger partial charge in [-0.1, -0.05) is 0 Å². The summed E-state index contributed by atoms with van der Waals surface area (Å²) in [5.41, 5.74) is -0.611. The normalized spacial score (nSPS) is 17.4. The van der Waals surface area contributed by atoms with Crippen molar-refractivity contribution in [1.82, 2.24) is 9.62 Å². The quantitative estimate of drug-likeness (QED) is 0.854. The zero-order valence-electron chi connectivity index (χ0n) is 11.0. The van der Waals surface area contributed by atoms with E-state index in [-0.39, 0.29) is 13.1 Å². The molecule has 0 bridgehead atoms. The fourth-order valence-corrected chi connectivity index (χ4v) is 3.65. The van der Waals surface area contributed by atoms with Gasteiger partial charge >= 0.3 is 5.97 Å². The topological polar surface area (TPSA) is 86.7 Å².